The Labute approximate surface area is 196 Å². The second kappa shape index (κ2) is 11.1. The fraction of sp³-hybridized carbons (Fsp3) is 0.455. The summed E-state index contributed by atoms with van der Waals surface area (Å²) in [5.41, 5.74) is 1.64. The van der Waals surface area contributed by atoms with Crippen molar-refractivity contribution >= 4 is 40.6 Å². The van der Waals surface area contributed by atoms with Crippen LogP contribution in [0, 0.1) is 0 Å². The molecule has 2 aromatic rings. The molecule has 0 bridgehead atoms. The first-order chi connectivity index (χ1) is 15.3. The zero-order valence-electron chi connectivity index (χ0n) is 18.4. The van der Waals surface area contributed by atoms with E-state index in [0.29, 0.717) is 15.1 Å². The Balaban J connectivity index is 1.77. The molecule has 0 atom stereocenters. The summed E-state index contributed by atoms with van der Waals surface area (Å²) in [4.78, 5) is 28.2. The fourth-order valence-corrected chi connectivity index (χ4v) is 4.50. The van der Waals surface area contributed by atoms with Crippen molar-refractivity contribution in [2.45, 2.75) is 18.4 Å². The van der Waals surface area contributed by atoms with E-state index in [1.165, 1.54) is 25.3 Å². The molecule has 0 saturated carbocycles. The first kappa shape index (κ1) is 24.5. The summed E-state index contributed by atoms with van der Waals surface area (Å²) in [5, 5.41) is 5.84. The Morgan fingerprint density at radius 1 is 1.09 bits per heavy atom. The minimum Gasteiger partial charge on any atom is -0.399 e. The highest BCUT2D eigenvalue weighted by Crippen LogP contribution is 2.28. The molecule has 0 fully saturated rings. The number of hydrogen-bond acceptors (Lipinski definition) is 7. The van der Waals surface area contributed by atoms with E-state index in [4.69, 9.17) is 25.8 Å². The normalized spacial score (nSPS) is 14.4. The van der Waals surface area contributed by atoms with Crippen LogP contribution < -0.4 is 15.4 Å². The van der Waals surface area contributed by atoms with Crippen LogP contribution in [0.25, 0.3) is 0 Å². The first-order valence-electron chi connectivity index (χ1n) is 10.2. The lowest BCUT2D eigenvalue weighted by atomic mass is 9.99. The van der Waals surface area contributed by atoms with Crippen molar-refractivity contribution in [3.8, 4) is 5.06 Å². The SMILES string of the molecule is COCC(COC)(NC(=O)Oc1ccc(Cl)s1)C(=O)Nc1ccc2c(c1)CCN(C)CC2. The predicted octanol–water partition coefficient (Wildman–Crippen LogP) is 3.19. The monoisotopic (exact) mass is 481 g/mol. The van der Waals surface area contributed by atoms with Crippen molar-refractivity contribution in [1.82, 2.24) is 10.2 Å². The van der Waals surface area contributed by atoms with Gasteiger partial charge in [-0.3, -0.25) is 4.79 Å². The lowest BCUT2D eigenvalue weighted by Gasteiger charge is -2.31. The van der Waals surface area contributed by atoms with Gasteiger partial charge in [0.05, 0.1) is 17.6 Å². The summed E-state index contributed by atoms with van der Waals surface area (Å²) in [5.74, 6) is -0.465. The number of nitrogens with zero attached hydrogens (tertiary/aromatic N) is 1. The highest BCUT2D eigenvalue weighted by atomic mass is 35.5. The lowest BCUT2D eigenvalue weighted by molar-refractivity contribution is -0.126. The molecule has 1 aromatic heterocycles. The van der Waals surface area contributed by atoms with Crippen LogP contribution >= 0.6 is 22.9 Å². The number of hydrogen-bond donors (Lipinski definition) is 2. The summed E-state index contributed by atoms with van der Waals surface area (Å²) >= 11 is 7.00. The van der Waals surface area contributed by atoms with Crippen molar-refractivity contribution < 1.29 is 23.8 Å². The maximum atomic E-state index is 13.3. The van der Waals surface area contributed by atoms with Crippen LogP contribution in [0.5, 0.6) is 5.06 Å². The number of rotatable bonds is 8. The van der Waals surface area contributed by atoms with Crippen LogP contribution in [0.2, 0.25) is 4.34 Å². The number of methoxy groups -OCH3 is 2. The van der Waals surface area contributed by atoms with Crippen LogP contribution in [0.15, 0.2) is 30.3 Å². The average molecular weight is 482 g/mol. The number of amides is 2. The van der Waals surface area contributed by atoms with E-state index in [1.54, 1.807) is 12.1 Å². The molecule has 10 heteroatoms. The number of fused-ring (bicyclic) bond motifs is 1. The van der Waals surface area contributed by atoms with Crippen LogP contribution in [-0.4, -0.2) is 70.0 Å². The van der Waals surface area contributed by atoms with Gasteiger partial charge in [0.2, 0.25) is 0 Å². The molecular weight excluding hydrogens is 454 g/mol. The molecule has 0 saturated heterocycles. The highest BCUT2D eigenvalue weighted by Gasteiger charge is 2.41. The van der Waals surface area contributed by atoms with Gasteiger partial charge in [-0.2, -0.15) is 0 Å². The molecule has 1 aliphatic heterocycles. The van der Waals surface area contributed by atoms with Crippen LogP contribution in [-0.2, 0) is 27.1 Å². The number of carbonyl (C=O) groups excluding carboxylic acids is 2. The van der Waals surface area contributed by atoms with Gasteiger partial charge in [0.15, 0.2) is 10.6 Å². The van der Waals surface area contributed by atoms with E-state index < -0.39 is 17.5 Å². The Kier molecular flexibility index (Phi) is 8.50. The highest BCUT2D eigenvalue weighted by molar-refractivity contribution is 7.17. The van der Waals surface area contributed by atoms with Gasteiger partial charge in [-0.15, -0.1) is 0 Å². The third-order valence-corrected chi connectivity index (χ3v) is 6.40. The molecule has 2 heterocycles. The van der Waals surface area contributed by atoms with Crippen LogP contribution in [0.3, 0.4) is 0 Å². The summed E-state index contributed by atoms with van der Waals surface area (Å²) in [7, 11) is 5.00. The molecule has 0 radical (unpaired) electrons. The van der Waals surface area contributed by atoms with Crippen molar-refractivity contribution in [2.24, 2.45) is 0 Å². The molecular formula is C22H28ClN3O5S. The summed E-state index contributed by atoms with van der Waals surface area (Å²) in [6.45, 7) is 1.75. The van der Waals surface area contributed by atoms with Crippen LogP contribution in [0.1, 0.15) is 11.1 Å². The molecule has 1 aliphatic rings. The van der Waals surface area contributed by atoms with E-state index in [1.807, 2.05) is 18.2 Å². The van der Waals surface area contributed by atoms with Gasteiger partial charge < -0.3 is 29.7 Å². The molecule has 3 rings (SSSR count). The molecule has 1 aromatic carbocycles. The Hall–Kier alpha value is -2.17. The zero-order chi connectivity index (χ0) is 23.1. The van der Waals surface area contributed by atoms with Gasteiger partial charge in [-0.05, 0) is 55.3 Å². The van der Waals surface area contributed by atoms with Crippen LogP contribution in [0.4, 0.5) is 10.5 Å². The third-order valence-electron chi connectivity index (χ3n) is 5.29. The Morgan fingerprint density at radius 3 is 2.41 bits per heavy atom. The molecule has 174 valence electrons. The molecule has 2 N–H and O–H groups in total. The second-order valence-electron chi connectivity index (χ2n) is 7.76. The zero-order valence-corrected chi connectivity index (χ0v) is 20.0. The van der Waals surface area contributed by atoms with Crippen molar-refractivity contribution in [3.63, 3.8) is 0 Å². The van der Waals surface area contributed by atoms with Crippen molar-refractivity contribution in [2.75, 3.05) is 52.9 Å². The largest absolute Gasteiger partial charge is 0.414 e. The van der Waals surface area contributed by atoms with Gasteiger partial charge in [0.25, 0.3) is 5.91 Å². The Bertz CT molecular complexity index is 945. The summed E-state index contributed by atoms with van der Waals surface area (Å²) < 4.78 is 16.3. The van der Waals surface area contributed by atoms with E-state index in [2.05, 4.69) is 22.6 Å². The van der Waals surface area contributed by atoms with E-state index in [9.17, 15) is 9.59 Å². The molecule has 0 spiro atoms. The maximum absolute atomic E-state index is 13.3. The van der Waals surface area contributed by atoms with E-state index in [0.717, 1.165) is 37.3 Å². The number of benzene rings is 1. The average Bonchev–Trinajstić information content (AvgIpc) is 3.06. The maximum Gasteiger partial charge on any atom is 0.414 e. The number of likely N-dealkylation sites (N-methyl/N-ethyl adjacent to an activating group) is 1. The molecule has 2 amide bonds. The number of nitrogens with one attached hydrogen (secondary N) is 2. The molecule has 32 heavy (non-hydrogen) atoms. The first-order valence-corrected chi connectivity index (χ1v) is 11.4. The number of anilines is 1. The molecule has 8 nitrogen and oxygen atoms in total. The van der Waals surface area contributed by atoms with Crippen molar-refractivity contribution in [1.29, 1.82) is 0 Å². The fourth-order valence-electron chi connectivity index (χ4n) is 3.62. The standard InChI is InChI=1S/C22H28ClN3O5S/c1-26-10-8-15-4-5-17(12-16(15)9-11-26)24-20(27)22(13-29-2,14-30-3)25-21(28)31-19-7-6-18(23)32-19/h4-7,12H,8-11,13-14H2,1-3H3,(H,24,27)(H,25,28). The third kappa shape index (κ3) is 6.20. The topological polar surface area (TPSA) is 89.1 Å². The molecule has 0 unspecified atom stereocenters. The van der Waals surface area contributed by atoms with Gasteiger partial charge in [-0.1, -0.05) is 29.0 Å². The number of carbonyl (C=O) groups is 2. The van der Waals surface area contributed by atoms with E-state index >= 15 is 0 Å². The van der Waals surface area contributed by atoms with Crippen molar-refractivity contribution in [3.05, 3.63) is 45.8 Å². The van der Waals surface area contributed by atoms with E-state index in [-0.39, 0.29) is 13.2 Å². The minimum absolute atomic E-state index is 0.108. The number of halogens is 1. The van der Waals surface area contributed by atoms with Gasteiger partial charge in [0, 0.05) is 33.0 Å². The smallest absolute Gasteiger partial charge is 0.399 e. The minimum atomic E-state index is -1.49. The second-order valence-corrected chi connectivity index (χ2v) is 9.44. The quantitative estimate of drug-likeness (QED) is 0.602. The number of thiophene rings is 1. The number of ether oxygens (including phenoxy) is 3. The Morgan fingerprint density at radius 2 is 1.78 bits per heavy atom. The van der Waals surface area contributed by atoms with Gasteiger partial charge >= 0.3 is 6.09 Å². The van der Waals surface area contributed by atoms with Gasteiger partial charge in [0.1, 0.15) is 0 Å². The predicted molar refractivity (Wildman–Crippen MR) is 125 cm³/mol. The molecule has 0 aliphatic carbocycles. The summed E-state index contributed by atoms with van der Waals surface area (Å²) in [6, 6.07) is 9.10. The lowest BCUT2D eigenvalue weighted by Crippen LogP contribution is -2.63. The summed E-state index contributed by atoms with van der Waals surface area (Å²) in [6.07, 6.45) is 1.07. The van der Waals surface area contributed by atoms with Gasteiger partial charge in [-0.25, -0.2) is 4.79 Å².